The minimum Gasteiger partial charge on any atom is -0.394 e. The highest BCUT2D eigenvalue weighted by molar-refractivity contribution is 8.03. The van der Waals surface area contributed by atoms with E-state index in [2.05, 4.69) is 29.3 Å². The Morgan fingerprint density at radius 1 is 1.31 bits per heavy atom. The summed E-state index contributed by atoms with van der Waals surface area (Å²) in [4.78, 5) is 2.20. The SMILES string of the molecule is C/C(=C\N(/N=C/c1ccn(CCO)n1)C1=CCC=CC=C1)Sc1ccc(Cl)cc1. The Bertz CT molecular complexity index is 957. The molecular formula is C22H23ClN4OS. The van der Waals surface area contributed by atoms with Gasteiger partial charge >= 0.3 is 0 Å². The van der Waals surface area contributed by atoms with Crippen molar-refractivity contribution in [1.82, 2.24) is 14.8 Å². The number of benzene rings is 1. The molecule has 0 atom stereocenters. The maximum absolute atomic E-state index is 9.04. The topological polar surface area (TPSA) is 53.7 Å². The average Bonchev–Trinajstić information content (AvgIpc) is 2.98. The summed E-state index contributed by atoms with van der Waals surface area (Å²) in [5.41, 5.74) is 1.72. The summed E-state index contributed by atoms with van der Waals surface area (Å²) in [5.74, 6) is 0. The first-order valence-electron chi connectivity index (χ1n) is 9.27. The van der Waals surface area contributed by atoms with Crippen molar-refractivity contribution in [3.63, 3.8) is 0 Å². The lowest BCUT2D eigenvalue weighted by atomic mass is 10.3. The summed E-state index contributed by atoms with van der Waals surface area (Å²) < 4.78 is 1.69. The lowest BCUT2D eigenvalue weighted by Crippen LogP contribution is -2.09. The van der Waals surface area contributed by atoms with Gasteiger partial charge in [-0.15, -0.1) is 0 Å². The molecule has 1 aromatic heterocycles. The fourth-order valence-electron chi connectivity index (χ4n) is 2.59. The number of hydrogen-bond acceptors (Lipinski definition) is 5. The first kappa shape index (κ1) is 21.2. The van der Waals surface area contributed by atoms with Crippen molar-refractivity contribution in [2.75, 3.05) is 6.61 Å². The van der Waals surface area contributed by atoms with Crippen LogP contribution in [-0.4, -0.2) is 32.7 Å². The predicted octanol–water partition coefficient (Wildman–Crippen LogP) is 5.22. The zero-order chi connectivity index (χ0) is 20.5. The molecule has 0 unspecified atom stereocenters. The molecule has 5 nitrogen and oxygen atoms in total. The van der Waals surface area contributed by atoms with Gasteiger partial charge in [-0.05, 0) is 49.8 Å². The number of nitrogens with zero attached hydrogens (tertiary/aromatic N) is 4. The standard InChI is InChI=1S/C22H23ClN4OS/c1-18(29-22-10-8-19(23)9-11-22)17-27(21-6-4-2-3-5-7-21)24-16-20-12-13-26(25-20)14-15-28/h2-4,6-13,16-17,28H,5,14-15H2,1H3/b18-17+,24-16+. The predicted molar refractivity (Wildman–Crippen MR) is 121 cm³/mol. The van der Waals surface area contributed by atoms with E-state index in [-0.39, 0.29) is 6.61 Å². The quantitative estimate of drug-likeness (QED) is 0.357. The maximum Gasteiger partial charge on any atom is 0.105 e. The number of rotatable bonds is 8. The average molecular weight is 427 g/mol. The lowest BCUT2D eigenvalue weighted by Gasteiger charge is -2.16. The summed E-state index contributed by atoms with van der Waals surface area (Å²) in [7, 11) is 0. The first-order chi connectivity index (χ1) is 14.1. The van der Waals surface area contributed by atoms with Crippen molar-refractivity contribution >= 4 is 29.6 Å². The molecule has 0 aliphatic heterocycles. The highest BCUT2D eigenvalue weighted by atomic mass is 35.5. The number of hydrazone groups is 1. The van der Waals surface area contributed by atoms with E-state index in [0.717, 1.165) is 32.6 Å². The largest absolute Gasteiger partial charge is 0.394 e. The van der Waals surface area contributed by atoms with Crippen molar-refractivity contribution in [1.29, 1.82) is 0 Å². The minimum absolute atomic E-state index is 0.0545. The fraction of sp³-hybridized carbons (Fsp3) is 0.182. The summed E-state index contributed by atoms with van der Waals surface area (Å²) in [6.45, 7) is 2.57. The Morgan fingerprint density at radius 2 is 2.14 bits per heavy atom. The van der Waals surface area contributed by atoms with Gasteiger partial charge in [-0.2, -0.15) is 10.2 Å². The van der Waals surface area contributed by atoms with Crippen LogP contribution in [0.4, 0.5) is 0 Å². The molecule has 3 rings (SSSR count). The number of aromatic nitrogens is 2. The Hall–Kier alpha value is -2.54. The number of halogens is 1. The molecule has 29 heavy (non-hydrogen) atoms. The highest BCUT2D eigenvalue weighted by Gasteiger charge is 2.06. The van der Waals surface area contributed by atoms with E-state index >= 15 is 0 Å². The van der Waals surface area contributed by atoms with Crippen molar-refractivity contribution in [3.8, 4) is 0 Å². The molecule has 1 aromatic carbocycles. The van der Waals surface area contributed by atoms with Crippen molar-refractivity contribution in [2.45, 2.75) is 24.8 Å². The van der Waals surface area contributed by atoms with Crippen LogP contribution >= 0.6 is 23.4 Å². The molecular weight excluding hydrogens is 404 g/mol. The summed E-state index contributed by atoms with van der Waals surface area (Å²) in [5, 5.41) is 20.6. The van der Waals surface area contributed by atoms with Gasteiger partial charge in [0.1, 0.15) is 5.69 Å². The third-order valence-corrected chi connectivity index (χ3v) is 5.13. The van der Waals surface area contributed by atoms with Gasteiger partial charge in [0.2, 0.25) is 0 Å². The first-order valence-corrected chi connectivity index (χ1v) is 10.5. The van der Waals surface area contributed by atoms with Crippen LogP contribution in [0.3, 0.4) is 0 Å². The van der Waals surface area contributed by atoms with E-state index in [1.54, 1.807) is 22.7 Å². The van der Waals surface area contributed by atoms with E-state index < -0.39 is 0 Å². The zero-order valence-corrected chi connectivity index (χ0v) is 17.7. The van der Waals surface area contributed by atoms with Crippen LogP contribution in [0.25, 0.3) is 0 Å². The van der Waals surface area contributed by atoms with Gasteiger partial charge < -0.3 is 5.11 Å². The van der Waals surface area contributed by atoms with Gasteiger partial charge in [0, 0.05) is 27.2 Å². The van der Waals surface area contributed by atoms with Crippen LogP contribution in [0.15, 0.2) is 93.7 Å². The van der Waals surface area contributed by atoms with E-state index in [1.807, 2.05) is 66.0 Å². The van der Waals surface area contributed by atoms with Gasteiger partial charge in [0.25, 0.3) is 0 Å². The van der Waals surface area contributed by atoms with E-state index in [1.165, 1.54) is 0 Å². The van der Waals surface area contributed by atoms with Crippen LogP contribution in [0, 0.1) is 0 Å². The second-order valence-electron chi connectivity index (χ2n) is 6.26. The van der Waals surface area contributed by atoms with E-state index in [4.69, 9.17) is 16.7 Å². The smallest absolute Gasteiger partial charge is 0.105 e. The molecule has 1 heterocycles. The number of allylic oxidation sites excluding steroid dienone is 6. The summed E-state index contributed by atoms with van der Waals surface area (Å²) in [6, 6.07) is 9.65. The Kier molecular flexibility index (Phi) is 7.93. The molecule has 150 valence electrons. The minimum atomic E-state index is 0.0545. The number of hydrogen-bond donors (Lipinski definition) is 1. The monoisotopic (exact) mass is 426 g/mol. The van der Waals surface area contributed by atoms with Crippen molar-refractivity contribution in [2.24, 2.45) is 5.10 Å². The van der Waals surface area contributed by atoms with E-state index in [9.17, 15) is 0 Å². The van der Waals surface area contributed by atoms with Gasteiger partial charge in [0.05, 0.1) is 25.1 Å². The molecule has 1 aliphatic carbocycles. The molecule has 1 N–H and O–H groups in total. The highest BCUT2D eigenvalue weighted by Crippen LogP contribution is 2.28. The van der Waals surface area contributed by atoms with Gasteiger partial charge in [0.15, 0.2) is 0 Å². The Labute approximate surface area is 180 Å². The zero-order valence-electron chi connectivity index (χ0n) is 16.1. The number of aliphatic hydroxyl groups is 1. The third-order valence-electron chi connectivity index (χ3n) is 3.94. The second-order valence-corrected chi connectivity index (χ2v) is 8.02. The molecule has 0 spiro atoms. The van der Waals surface area contributed by atoms with Crippen molar-refractivity contribution < 1.29 is 5.11 Å². The fourth-order valence-corrected chi connectivity index (χ4v) is 3.52. The lowest BCUT2D eigenvalue weighted by molar-refractivity contribution is 0.269. The molecule has 0 amide bonds. The molecule has 0 saturated heterocycles. The van der Waals surface area contributed by atoms with Crippen LogP contribution in [0.1, 0.15) is 19.0 Å². The van der Waals surface area contributed by atoms with Crippen molar-refractivity contribution in [3.05, 3.63) is 94.4 Å². The molecule has 1 aliphatic rings. The van der Waals surface area contributed by atoms with Crippen LogP contribution in [0.5, 0.6) is 0 Å². The van der Waals surface area contributed by atoms with Gasteiger partial charge in [-0.1, -0.05) is 47.7 Å². The van der Waals surface area contributed by atoms with Crippen LogP contribution in [0.2, 0.25) is 5.02 Å². The number of aliphatic hydroxyl groups excluding tert-OH is 1. The third kappa shape index (κ3) is 6.78. The van der Waals surface area contributed by atoms with Gasteiger partial charge in [-0.25, -0.2) is 5.01 Å². The molecule has 0 saturated carbocycles. The van der Waals surface area contributed by atoms with Gasteiger partial charge in [-0.3, -0.25) is 4.68 Å². The summed E-state index contributed by atoms with van der Waals surface area (Å²) in [6.07, 6.45) is 16.7. The summed E-state index contributed by atoms with van der Waals surface area (Å²) >= 11 is 7.63. The Balaban J connectivity index is 1.80. The molecule has 0 bridgehead atoms. The molecule has 2 aromatic rings. The normalized spacial score (nSPS) is 14.3. The Morgan fingerprint density at radius 3 is 2.93 bits per heavy atom. The van der Waals surface area contributed by atoms with Crippen LogP contribution < -0.4 is 0 Å². The molecule has 0 fully saturated rings. The molecule has 0 radical (unpaired) electrons. The maximum atomic E-state index is 9.04. The van der Waals surface area contributed by atoms with Crippen LogP contribution in [-0.2, 0) is 6.54 Å². The van der Waals surface area contributed by atoms with E-state index in [0.29, 0.717) is 6.54 Å². The second kappa shape index (κ2) is 10.9. The number of thioether (sulfide) groups is 1. The molecule has 7 heteroatoms.